The summed E-state index contributed by atoms with van der Waals surface area (Å²) in [4.78, 5) is 0. The second-order valence-electron chi connectivity index (χ2n) is 3.57. The van der Waals surface area contributed by atoms with Gasteiger partial charge in [0.15, 0.2) is 0 Å². The molecule has 0 radical (unpaired) electrons. The number of aryl methyl sites for hydroxylation is 1. The van der Waals surface area contributed by atoms with Crippen LogP contribution in [0.2, 0.25) is 0 Å². The molecule has 0 aliphatic carbocycles. The molecule has 0 aliphatic rings. The Bertz CT molecular complexity index is 616. The Morgan fingerprint density at radius 1 is 1.14 bits per heavy atom. The molecule has 3 aromatic heterocycles. The van der Waals surface area contributed by atoms with Gasteiger partial charge in [0.1, 0.15) is 0 Å². The van der Waals surface area contributed by atoms with Crippen molar-refractivity contribution < 1.29 is 0 Å². The van der Waals surface area contributed by atoms with Gasteiger partial charge in [-0.3, -0.25) is 4.68 Å². The molecule has 3 rings (SSSR count). The zero-order valence-corrected chi connectivity index (χ0v) is 7.94. The smallest absolute Gasteiger partial charge is 0.0882 e. The fourth-order valence-electron chi connectivity index (χ4n) is 1.92. The molecule has 0 aliphatic heterocycles. The highest BCUT2D eigenvalue weighted by atomic mass is 15.3. The first-order valence-electron chi connectivity index (χ1n) is 4.60. The summed E-state index contributed by atoms with van der Waals surface area (Å²) in [5.41, 5.74) is 4.50. The molecule has 3 aromatic rings. The van der Waals surface area contributed by atoms with E-state index in [2.05, 4.69) is 28.8 Å². The molecule has 70 valence electrons. The SMILES string of the molecule is Cc1cc2c(cc3ccccn32)n1N. The molecule has 0 atom stereocenters. The maximum Gasteiger partial charge on any atom is 0.0882 e. The zero-order valence-electron chi connectivity index (χ0n) is 7.94. The van der Waals surface area contributed by atoms with E-state index in [0.717, 1.165) is 11.2 Å². The molecule has 3 heteroatoms. The lowest BCUT2D eigenvalue weighted by Crippen LogP contribution is -2.08. The number of rotatable bonds is 0. The lowest BCUT2D eigenvalue weighted by molar-refractivity contribution is 1.00. The van der Waals surface area contributed by atoms with Gasteiger partial charge in [-0.15, -0.1) is 0 Å². The van der Waals surface area contributed by atoms with Crippen molar-refractivity contribution in [2.45, 2.75) is 6.92 Å². The van der Waals surface area contributed by atoms with E-state index in [4.69, 9.17) is 5.84 Å². The van der Waals surface area contributed by atoms with Crippen molar-refractivity contribution in [2.24, 2.45) is 0 Å². The minimum Gasteiger partial charge on any atom is -0.339 e. The number of nitrogens with zero attached hydrogens (tertiary/aromatic N) is 2. The number of nitrogens with two attached hydrogens (primary N) is 1. The summed E-state index contributed by atoms with van der Waals surface area (Å²) < 4.78 is 3.87. The van der Waals surface area contributed by atoms with E-state index in [1.807, 2.05) is 19.1 Å². The lowest BCUT2D eigenvalue weighted by Gasteiger charge is -1.94. The van der Waals surface area contributed by atoms with Gasteiger partial charge >= 0.3 is 0 Å². The Hall–Kier alpha value is -1.90. The van der Waals surface area contributed by atoms with Crippen molar-refractivity contribution in [1.29, 1.82) is 0 Å². The summed E-state index contributed by atoms with van der Waals surface area (Å²) in [5.74, 6) is 5.91. The monoisotopic (exact) mass is 185 g/mol. The molecule has 0 aromatic carbocycles. The molecule has 0 saturated carbocycles. The third-order valence-electron chi connectivity index (χ3n) is 2.68. The normalized spacial score (nSPS) is 11.5. The molecule has 0 unspecified atom stereocenters. The van der Waals surface area contributed by atoms with Gasteiger partial charge in [-0.05, 0) is 31.2 Å². The summed E-state index contributed by atoms with van der Waals surface area (Å²) in [5, 5.41) is 0. The van der Waals surface area contributed by atoms with E-state index in [1.165, 1.54) is 11.0 Å². The standard InChI is InChI=1S/C11H11N3/c1-8-6-10-11(14(8)12)7-9-4-2-3-5-13(9)10/h2-7H,12H2,1H3. The van der Waals surface area contributed by atoms with Crippen LogP contribution in [0.25, 0.3) is 16.6 Å². The summed E-state index contributed by atoms with van der Waals surface area (Å²) >= 11 is 0. The van der Waals surface area contributed by atoms with Crippen LogP contribution < -0.4 is 5.84 Å². The number of aromatic nitrogens is 2. The van der Waals surface area contributed by atoms with Crippen LogP contribution >= 0.6 is 0 Å². The summed E-state index contributed by atoms with van der Waals surface area (Å²) in [7, 11) is 0. The molecule has 3 nitrogen and oxygen atoms in total. The van der Waals surface area contributed by atoms with Crippen LogP contribution in [0.1, 0.15) is 5.69 Å². The largest absolute Gasteiger partial charge is 0.339 e. The van der Waals surface area contributed by atoms with Crippen molar-refractivity contribution in [1.82, 2.24) is 9.08 Å². The van der Waals surface area contributed by atoms with E-state index in [-0.39, 0.29) is 0 Å². The maximum atomic E-state index is 5.91. The van der Waals surface area contributed by atoms with Gasteiger partial charge in [0.25, 0.3) is 0 Å². The highest BCUT2D eigenvalue weighted by Gasteiger charge is 2.07. The molecular weight excluding hydrogens is 174 g/mol. The van der Waals surface area contributed by atoms with E-state index in [9.17, 15) is 0 Å². The molecule has 2 N–H and O–H groups in total. The van der Waals surface area contributed by atoms with Gasteiger partial charge < -0.3 is 10.2 Å². The van der Waals surface area contributed by atoms with Crippen molar-refractivity contribution in [2.75, 3.05) is 5.84 Å². The van der Waals surface area contributed by atoms with Crippen molar-refractivity contribution in [3.63, 3.8) is 0 Å². The molecule has 0 spiro atoms. The molecule has 14 heavy (non-hydrogen) atoms. The van der Waals surface area contributed by atoms with E-state index < -0.39 is 0 Å². The Labute approximate surface area is 81.3 Å². The molecule has 0 amide bonds. The predicted octanol–water partition coefficient (Wildman–Crippen LogP) is 1.92. The van der Waals surface area contributed by atoms with Gasteiger partial charge in [0, 0.05) is 17.4 Å². The highest BCUT2D eigenvalue weighted by molar-refractivity contribution is 5.86. The van der Waals surface area contributed by atoms with Crippen LogP contribution in [0.4, 0.5) is 0 Å². The fourth-order valence-corrected chi connectivity index (χ4v) is 1.92. The van der Waals surface area contributed by atoms with Crippen LogP contribution in [0.5, 0.6) is 0 Å². The zero-order chi connectivity index (χ0) is 9.71. The van der Waals surface area contributed by atoms with Gasteiger partial charge in [-0.2, -0.15) is 0 Å². The summed E-state index contributed by atoms with van der Waals surface area (Å²) in [6, 6.07) is 10.3. The molecule has 3 heterocycles. The average Bonchev–Trinajstić information content (AvgIpc) is 2.67. The van der Waals surface area contributed by atoms with Crippen molar-refractivity contribution in [3.8, 4) is 0 Å². The topological polar surface area (TPSA) is 35.4 Å². The molecule has 0 bridgehead atoms. The summed E-state index contributed by atoms with van der Waals surface area (Å²) in [6.45, 7) is 2.01. The average molecular weight is 185 g/mol. The molecule has 0 fully saturated rings. The first kappa shape index (κ1) is 7.50. The Morgan fingerprint density at radius 3 is 2.86 bits per heavy atom. The Balaban J connectivity index is 2.60. The fraction of sp³-hybridized carbons (Fsp3) is 0.0909. The van der Waals surface area contributed by atoms with Crippen molar-refractivity contribution >= 4 is 16.6 Å². The van der Waals surface area contributed by atoms with Crippen LogP contribution in [-0.2, 0) is 0 Å². The lowest BCUT2D eigenvalue weighted by atomic mass is 10.4. The first-order valence-corrected chi connectivity index (χ1v) is 4.60. The second kappa shape index (κ2) is 2.32. The van der Waals surface area contributed by atoms with E-state index in [1.54, 1.807) is 4.68 Å². The predicted molar refractivity (Wildman–Crippen MR) is 57.8 cm³/mol. The minimum atomic E-state index is 1.08. The van der Waals surface area contributed by atoms with Gasteiger partial charge in [0.05, 0.1) is 11.0 Å². The van der Waals surface area contributed by atoms with E-state index in [0.29, 0.717) is 0 Å². The number of hydrogen-bond acceptors (Lipinski definition) is 1. The maximum absolute atomic E-state index is 5.91. The molecule has 0 saturated heterocycles. The second-order valence-corrected chi connectivity index (χ2v) is 3.57. The van der Waals surface area contributed by atoms with Gasteiger partial charge in [-0.1, -0.05) is 6.07 Å². The van der Waals surface area contributed by atoms with Crippen LogP contribution in [0, 0.1) is 6.92 Å². The van der Waals surface area contributed by atoms with Gasteiger partial charge in [0.2, 0.25) is 0 Å². The number of pyridine rings is 1. The highest BCUT2D eigenvalue weighted by Crippen LogP contribution is 2.21. The van der Waals surface area contributed by atoms with Gasteiger partial charge in [-0.25, -0.2) is 0 Å². The third-order valence-corrected chi connectivity index (χ3v) is 2.68. The van der Waals surface area contributed by atoms with Crippen LogP contribution in [0.3, 0.4) is 0 Å². The quantitative estimate of drug-likeness (QED) is 0.533. The summed E-state index contributed by atoms with van der Waals surface area (Å²) in [6.07, 6.45) is 2.05. The number of hydrogen-bond donors (Lipinski definition) is 1. The Morgan fingerprint density at radius 2 is 2.00 bits per heavy atom. The van der Waals surface area contributed by atoms with Crippen LogP contribution in [-0.4, -0.2) is 9.08 Å². The molecular formula is C11H11N3. The third kappa shape index (κ3) is 0.763. The van der Waals surface area contributed by atoms with Crippen molar-refractivity contribution in [3.05, 3.63) is 42.2 Å². The number of nitrogen functional groups attached to an aromatic ring is 1. The minimum absolute atomic E-state index is 1.08. The number of fused-ring (bicyclic) bond motifs is 3. The Kier molecular flexibility index (Phi) is 1.24. The first-order chi connectivity index (χ1) is 6.77. The van der Waals surface area contributed by atoms with Crippen LogP contribution in [0.15, 0.2) is 36.5 Å². The van der Waals surface area contributed by atoms with E-state index >= 15 is 0 Å².